The first kappa shape index (κ1) is 13.9. The third kappa shape index (κ3) is 4.34. The number of allylic oxidation sites excluding steroid dienone is 2. The third-order valence-corrected chi connectivity index (χ3v) is 2.93. The Kier molecular flexibility index (Phi) is 5.53. The Labute approximate surface area is 106 Å². The highest BCUT2D eigenvalue weighted by molar-refractivity contribution is 5.77. The summed E-state index contributed by atoms with van der Waals surface area (Å²) < 4.78 is 0. The Morgan fingerprint density at radius 3 is 2.22 bits per heavy atom. The summed E-state index contributed by atoms with van der Waals surface area (Å²) in [6, 6.07) is 2.98. The first-order chi connectivity index (χ1) is 8.67. The Morgan fingerprint density at radius 2 is 1.72 bits per heavy atom. The predicted molar refractivity (Wildman–Crippen MR) is 65.6 cm³/mol. The molecule has 6 nitrogen and oxygen atoms in total. The number of urea groups is 1. The highest BCUT2D eigenvalue weighted by Gasteiger charge is 2.15. The molecule has 0 spiro atoms. The molecule has 4 N–H and O–H groups in total. The van der Waals surface area contributed by atoms with Gasteiger partial charge in [-0.2, -0.15) is 10.5 Å². The summed E-state index contributed by atoms with van der Waals surface area (Å²) in [5, 5.41) is 22.4. The Balaban J connectivity index is 2.51. The Hall–Kier alpha value is -2.21. The van der Waals surface area contributed by atoms with E-state index in [1.165, 1.54) is 12.8 Å². The molecule has 0 bridgehead atoms. The SMILES string of the molecule is N#C/C(N)=C(\C#N)NC(=O)NC1CCCCCC1. The monoisotopic (exact) mass is 247 g/mol. The van der Waals surface area contributed by atoms with E-state index in [2.05, 4.69) is 10.6 Å². The summed E-state index contributed by atoms with van der Waals surface area (Å²) in [6.45, 7) is 0. The van der Waals surface area contributed by atoms with Crippen LogP contribution in [-0.4, -0.2) is 12.1 Å². The van der Waals surface area contributed by atoms with Gasteiger partial charge in [0.25, 0.3) is 0 Å². The van der Waals surface area contributed by atoms with Gasteiger partial charge in [-0.1, -0.05) is 25.7 Å². The van der Waals surface area contributed by atoms with E-state index in [1.54, 1.807) is 12.1 Å². The number of carbonyl (C=O) groups is 1. The van der Waals surface area contributed by atoms with Crippen LogP contribution >= 0.6 is 0 Å². The Morgan fingerprint density at radius 1 is 1.11 bits per heavy atom. The largest absolute Gasteiger partial charge is 0.388 e. The zero-order valence-electron chi connectivity index (χ0n) is 10.2. The fourth-order valence-corrected chi connectivity index (χ4v) is 1.97. The van der Waals surface area contributed by atoms with E-state index in [9.17, 15) is 4.79 Å². The summed E-state index contributed by atoms with van der Waals surface area (Å²) in [5.74, 6) is 0. The minimum Gasteiger partial charge on any atom is -0.388 e. The lowest BCUT2D eigenvalue weighted by molar-refractivity contribution is 0.238. The maximum absolute atomic E-state index is 11.6. The summed E-state index contributed by atoms with van der Waals surface area (Å²) in [5.41, 5.74) is 4.80. The first-order valence-corrected chi connectivity index (χ1v) is 6.05. The van der Waals surface area contributed by atoms with Gasteiger partial charge in [0.15, 0.2) is 5.70 Å². The van der Waals surface area contributed by atoms with Gasteiger partial charge in [-0.3, -0.25) is 5.32 Å². The number of carbonyl (C=O) groups excluding carboxylic acids is 1. The molecule has 0 heterocycles. The van der Waals surface area contributed by atoms with Crippen LogP contribution in [0.3, 0.4) is 0 Å². The van der Waals surface area contributed by atoms with E-state index in [1.807, 2.05) is 0 Å². The molecule has 96 valence electrons. The molecule has 0 saturated heterocycles. The summed E-state index contributed by atoms with van der Waals surface area (Å²) >= 11 is 0. The van der Waals surface area contributed by atoms with Crippen molar-refractivity contribution in [2.45, 2.75) is 44.6 Å². The maximum Gasteiger partial charge on any atom is 0.320 e. The second kappa shape index (κ2) is 7.18. The Bertz CT molecular complexity index is 407. The second-order valence-corrected chi connectivity index (χ2v) is 4.30. The number of hydrogen-bond acceptors (Lipinski definition) is 4. The predicted octanol–water partition coefficient (Wildman–Crippen LogP) is 1.23. The van der Waals surface area contributed by atoms with Crippen LogP contribution in [0.4, 0.5) is 4.79 Å². The molecule has 1 rings (SSSR count). The van der Waals surface area contributed by atoms with Crippen LogP contribution in [0, 0.1) is 22.7 Å². The van der Waals surface area contributed by atoms with Crippen molar-refractivity contribution in [3.8, 4) is 12.1 Å². The molecule has 2 amide bonds. The quantitative estimate of drug-likeness (QED) is 0.502. The molecule has 0 radical (unpaired) electrons. The van der Waals surface area contributed by atoms with Gasteiger partial charge in [0, 0.05) is 6.04 Å². The van der Waals surface area contributed by atoms with Gasteiger partial charge in [-0.15, -0.1) is 0 Å². The van der Waals surface area contributed by atoms with E-state index >= 15 is 0 Å². The van der Waals surface area contributed by atoms with E-state index in [0.717, 1.165) is 25.7 Å². The molecule has 0 unspecified atom stereocenters. The molecule has 1 saturated carbocycles. The number of amides is 2. The molecule has 18 heavy (non-hydrogen) atoms. The lowest BCUT2D eigenvalue weighted by Gasteiger charge is -2.16. The molecule has 0 aromatic carbocycles. The number of nitrogens with two attached hydrogens (primary N) is 1. The van der Waals surface area contributed by atoms with Crippen LogP contribution in [0.5, 0.6) is 0 Å². The van der Waals surface area contributed by atoms with Crippen molar-refractivity contribution in [1.82, 2.24) is 10.6 Å². The number of rotatable bonds is 2. The van der Waals surface area contributed by atoms with E-state index < -0.39 is 6.03 Å². The van der Waals surface area contributed by atoms with Crippen LogP contribution in [0.1, 0.15) is 38.5 Å². The molecule has 0 aliphatic heterocycles. The van der Waals surface area contributed by atoms with Gasteiger partial charge in [-0.05, 0) is 12.8 Å². The van der Waals surface area contributed by atoms with Gasteiger partial charge in [0.2, 0.25) is 0 Å². The van der Waals surface area contributed by atoms with Gasteiger partial charge in [0.1, 0.15) is 17.8 Å². The van der Waals surface area contributed by atoms with Crippen LogP contribution in [0.25, 0.3) is 0 Å². The van der Waals surface area contributed by atoms with Gasteiger partial charge >= 0.3 is 6.03 Å². The molecule has 6 heteroatoms. The molecule has 1 aliphatic carbocycles. The minimum absolute atomic E-state index is 0.135. The van der Waals surface area contributed by atoms with Gasteiger partial charge in [-0.25, -0.2) is 4.79 Å². The van der Waals surface area contributed by atoms with Crippen molar-refractivity contribution < 1.29 is 4.79 Å². The lowest BCUT2D eigenvalue weighted by Crippen LogP contribution is -2.41. The number of nitriles is 2. The lowest BCUT2D eigenvalue weighted by atomic mass is 10.1. The van der Waals surface area contributed by atoms with Crippen LogP contribution < -0.4 is 16.4 Å². The second-order valence-electron chi connectivity index (χ2n) is 4.30. The van der Waals surface area contributed by atoms with Crippen molar-refractivity contribution in [1.29, 1.82) is 10.5 Å². The molecule has 0 aromatic heterocycles. The fourth-order valence-electron chi connectivity index (χ4n) is 1.97. The average molecular weight is 247 g/mol. The summed E-state index contributed by atoms with van der Waals surface area (Å²) in [6.07, 6.45) is 6.51. The molecule has 0 atom stereocenters. The standard InChI is InChI=1S/C12H17N5O/c13-7-10(15)11(8-14)17-12(18)16-9-5-3-1-2-4-6-9/h9H,1-6,15H2,(H2,16,17,18)/b11-10-. The van der Waals surface area contributed by atoms with E-state index in [0.29, 0.717) is 0 Å². The minimum atomic E-state index is -0.475. The molecular weight excluding hydrogens is 230 g/mol. The van der Waals surface area contributed by atoms with Crippen molar-refractivity contribution in [2.24, 2.45) is 5.73 Å². The molecular formula is C12H17N5O. The molecule has 1 aliphatic rings. The van der Waals surface area contributed by atoms with Crippen LogP contribution in [0.15, 0.2) is 11.4 Å². The smallest absolute Gasteiger partial charge is 0.320 e. The normalized spacial score (nSPS) is 17.7. The third-order valence-electron chi connectivity index (χ3n) is 2.93. The number of nitrogens with zero attached hydrogens (tertiary/aromatic N) is 2. The topological polar surface area (TPSA) is 115 Å². The number of hydrogen-bond donors (Lipinski definition) is 3. The highest BCUT2D eigenvalue weighted by atomic mass is 16.2. The van der Waals surface area contributed by atoms with E-state index in [4.69, 9.17) is 16.3 Å². The zero-order chi connectivity index (χ0) is 13.4. The van der Waals surface area contributed by atoms with Crippen molar-refractivity contribution in [3.63, 3.8) is 0 Å². The maximum atomic E-state index is 11.6. The van der Waals surface area contributed by atoms with E-state index in [-0.39, 0.29) is 17.4 Å². The summed E-state index contributed by atoms with van der Waals surface area (Å²) in [4.78, 5) is 11.6. The van der Waals surface area contributed by atoms with Gasteiger partial charge in [0.05, 0.1) is 0 Å². The van der Waals surface area contributed by atoms with Crippen molar-refractivity contribution >= 4 is 6.03 Å². The zero-order valence-corrected chi connectivity index (χ0v) is 10.2. The van der Waals surface area contributed by atoms with Crippen molar-refractivity contribution in [3.05, 3.63) is 11.4 Å². The number of nitrogens with one attached hydrogen (secondary N) is 2. The molecule has 0 aromatic rings. The van der Waals surface area contributed by atoms with Crippen LogP contribution in [0.2, 0.25) is 0 Å². The van der Waals surface area contributed by atoms with Gasteiger partial charge < -0.3 is 11.1 Å². The molecule has 1 fully saturated rings. The highest BCUT2D eigenvalue weighted by Crippen LogP contribution is 2.17. The first-order valence-electron chi connectivity index (χ1n) is 6.05. The van der Waals surface area contributed by atoms with Crippen LogP contribution in [-0.2, 0) is 0 Å². The summed E-state index contributed by atoms with van der Waals surface area (Å²) in [7, 11) is 0. The average Bonchev–Trinajstić information content (AvgIpc) is 2.63. The van der Waals surface area contributed by atoms with Crippen molar-refractivity contribution in [2.75, 3.05) is 0 Å². The fraction of sp³-hybridized carbons (Fsp3) is 0.583.